The van der Waals surface area contributed by atoms with Crippen LogP contribution in [0.1, 0.15) is 46.4 Å². The first-order valence-electron chi connectivity index (χ1n) is 13.0. The van der Waals surface area contributed by atoms with Crippen LogP contribution in [0.2, 0.25) is 0 Å². The number of piperidine rings is 1. The van der Waals surface area contributed by atoms with E-state index in [1.807, 2.05) is 48.5 Å². The first-order chi connectivity index (χ1) is 18.4. The highest BCUT2D eigenvalue weighted by Crippen LogP contribution is 2.32. The van der Waals surface area contributed by atoms with Gasteiger partial charge in [-0.2, -0.15) is 0 Å². The van der Waals surface area contributed by atoms with Crippen molar-refractivity contribution in [2.75, 3.05) is 33.9 Å². The van der Waals surface area contributed by atoms with Gasteiger partial charge in [-0.05, 0) is 54.7 Å². The number of aliphatic hydroxyl groups is 1. The average Bonchev–Trinajstić information content (AvgIpc) is 2.94. The minimum Gasteiger partial charge on any atom is -0.497 e. The molecule has 1 amide bonds. The van der Waals surface area contributed by atoms with Gasteiger partial charge in [-0.25, -0.2) is 4.98 Å². The van der Waals surface area contributed by atoms with Gasteiger partial charge in [0.25, 0.3) is 0 Å². The van der Waals surface area contributed by atoms with E-state index in [-0.39, 0.29) is 17.8 Å². The fourth-order valence-corrected chi connectivity index (χ4v) is 5.25. The molecule has 1 aliphatic carbocycles. The van der Waals surface area contributed by atoms with Crippen molar-refractivity contribution in [2.45, 2.75) is 37.8 Å². The first-order valence-corrected chi connectivity index (χ1v) is 13.0. The van der Waals surface area contributed by atoms with Crippen molar-refractivity contribution in [3.05, 3.63) is 70.9 Å². The van der Waals surface area contributed by atoms with Crippen LogP contribution in [0.5, 0.6) is 11.5 Å². The average molecular weight is 516 g/mol. The number of ether oxygens (including phenoxy) is 2. The monoisotopic (exact) mass is 515 g/mol. The Morgan fingerprint density at radius 1 is 1.11 bits per heavy atom. The number of hydrogen-bond donors (Lipinski definition) is 2. The lowest BCUT2D eigenvalue weighted by Crippen LogP contribution is -2.43. The lowest BCUT2D eigenvalue weighted by molar-refractivity contribution is -0.121. The number of nitrogens with zero attached hydrogens (tertiary/aromatic N) is 2. The second-order valence-corrected chi connectivity index (χ2v) is 9.86. The lowest BCUT2D eigenvalue weighted by atomic mass is 9.87. The van der Waals surface area contributed by atoms with Crippen molar-refractivity contribution >= 4 is 28.7 Å². The molecule has 1 aromatic heterocycles. The minimum absolute atomic E-state index is 0.167. The quantitative estimate of drug-likeness (QED) is 0.474. The molecule has 2 aliphatic rings. The Balaban J connectivity index is 1.41. The van der Waals surface area contributed by atoms with E-state index in [1.165, 1.54) is 0 Å². The normalized spacial score (nSPS) is 17.9. The van der Waals surface area contributed by atoms with Gasteiger partial charge in [-0.1, -0.05) is 24.3 Å². The van der Waals surface area contributed by atoms with Gasteiger partial charge < -0.3 is 24.8 Å². The zero-order chi connectivity index (χ0) is 26.6. The number of nitrogens with one attached hydrogen (secondary N) is 1. The Hall–Kier alpha value is -3.75. The molecule has 5 rings (SSSR count). The van der Waals surface area contributed by atoms with Crippen molar-refractivity contribution in [3.63, 3.8) is 0 Å². The number of aliphatic hydroxyl groups excluding tert-OH is 1. The maximum Gasteiger partial charge on any atom is 0.222 e. The van der Waals surface area contributed by atoms with Crippen molar-refractivity contribution in [1.82, 2.24) is 15.2 Å². The van der Waals surface area contributed by atoms with Crippen LogP contribution in [0.4, 0.5) is 0 Å². The van der Waals surface area contributed by atoms with Gasteiger partial charge in [0.1, 0.15) is 17.5 Å². The Kier molecular flexibility index (Phi) is 7.72. The number of methoxy groups -OCH3 is 2. The highest BCUT2D eigenvalue weighted by Gasteiger charge is 2.30. The summed E-state index contributed by atoms with van der Waals surface area (Å²) in [6.07, 6.45) is 5.53. The first kappa shape index (κ1) is 25.9. The number of carbonyl (C=O) groups excluding carboxylic acids is 2. The summed E-state index contributed by atoms with van der Waals surface area (Å²) < 4.78 is 10.9. The smallest absolute Gasteiger partial charge is 0.222 e. The van der Waals surface area contributed by atoms with E-state index in [2.05, 4.69) is 10.2 Å². The van der Waals surface area contributed by atoms with Crippen molar-refractivity contribution < 1.29 is 24.2 Å². The second-order valence-electron chi connectivity index (χ2n) is 9.86. The van der Waals surface area contributed by atoms with Crippen molar-refractivity contribution in [1.29, 1.82) is 0 Å². The Morgan fingerprint density at radius 2 is 1.82 bits per heavy atom. The highest BCUT2D eigenvalue weighted by molar-refractivity contribution is 6.11. The third-order valence-corrected chi connectivity index (χ3v) is 7.32. The molecule has 0 radical (unpaired) electrons. The van der Waals surface area contributed by atoms with Gasteiger partial charge in [0.15, 0.2) is 5.78 Å². The summed E-state index contributed by atoms with van der Waals surface area (Å²) in [5.41, 5.74) is 3.75. The molecule has 1 aliphatic heterocycles. The van der Waals surface area contributed by atoms with E-state index in [4.69, 9.17) is 14.5 Å². The number of amides is 1. The number of rotatable bonds is 8. The van der Waals surface area contributed by atoms with E-state index < -0.39 is 6.04 Å². The van der Waals surface area contributed by atoms with Gasteiger partial charge in [-0.3, -0.25) is 9.59 Å². The fourth-order valence-electron chi connectivity index (χ4n) is 5.25. The number of hydrogen-bond acceptors (Lipinski definition) is 7. The maximum absolute atomic E-state index is 13.8. The van der Waals surface area contributed by atoms with E-state index in [1.54, 1.807) is 20.3 Å². The summed E-state index contributed by atoms with van der Waals surface area (Å²) in [7, 11) is 3.22. The lowest BCUT2D eigenvalue weighted by Gasteiger charge is -2.29. The Labute approximate surface area is 222 Å². The predicted octanol–water partition coefficient (Wildman–Crippen LogP) is 3.38. The number of para-hydroxylation sites is 1. The largest absolute Gasteiger partial charge is 0.497 e. The number of likely N-dealkylation sites (tertiary alicyclic amines) is 1. The van der Waals surface area contributed by atoms with E-state index in [0.29, 0.717) is 42.1 Å². The SMILES string of the molecule is COc1cc(Cc2c3c(nc4ccccc24)C=CC(NC(=O)CCN2CCC(O)CC2)C3=O)cc(OC)c1. The van der Waals surface area contributed by atoms with Crippen molar-refractivity contribution in [2.24, 2.45) is 0 Å². The number of benzene rings is 2. The third kappa shape index (κ3) is 5.56. The highest BCUT2D eigenvalue weighted by atomic mass is 16.5. The van der Waals surface area contributed by atoms with Gasteiger partial charge in [0.05, 0.1) is 31.5 Å². The molecule has 1 unspecified atom stereocenters. The molecule has 1 fully saturated rings. The molecule has 1 atom stereocenters. The van der Waals surface area contributed by atoms with Gasteiger partial charge >= 0.3 is 0 Å². The molecular weight excluding hydrogens is 482 g/mol. The summed E-state index contributed by atoms with van der Waals surface area (Å²) in [5, 5.41) is 13.5. The standard InChI is InChI=1S/C30H33N3O5/c1-37-21-15-19(16-22(18-21)38-2)17-24-23-5-3-4-6-25(23)31-26-7-8-27(30(36)29(24)26)32-28(35)11-14-33-12-9-20(34)10-13-33/h3-8,15-16,18,20,27,34H,9-14,17H2,1-2H3,(H,32,35). The van der Waals surface area contributed by atoms with Crippen molar-refractivity contribution in [3.8, 4) is 11.5 Å². The molecule has 8 heteroatoms. The maximum atomic E-state index is 13.8. The number of carbonyl (C=O) groups is 2. The van der Waals surface area contributed by atoms with Crippen LogP contribution in [-0.2, 0) is 11.2 Å². The molecule has 2 aromatic carbocycles. The number of fused-ring (bicyclic) bond motifs is 2. The molecular formula is C30H33N3O5. The van der Waals surface area contributed by atoms with E-state index >= 15 is 0 Å². The molecule has 0 saturated carbocycles. The Morgan fingerprint density at radius 3 is 2.53 bits per heavy atom. The molecule has 0 spiro atoms. The molecule has 3 aromatic rings. The van der Waals surface area contributed by atoms with E-state index in [9.17, 15) is 14.7 Å². The molecule has 2 heterocycles. The van der Waals surface area contributed by atoms with Gasteiger partial charge in [0.2, 0.25) is 5.91 Å². The number of Topliss-reactive ketones (excluding diaryl/α,β-unsaturated/α-hetero) is 1. The zero-order valence-corrected chi connectivity index (χ0v) is 21.8. The number of pyridine rings is 1. The summed E-state index contributed by atoms with van der Waals surface area (Å²) >= 11 is 0. The zero-order valence-electron chi connectivity index (χ0n) is 21.8. The summed E-state index contributed by atoms with van der Waals surface area (Å²) in [6.45, 7) is 2.16. The molecule has 0 bridgehead atoms. The Bertz CT molecular complexity index is 1360. The predicted molar refractivity (Wildman–Crippen MR) is 146 cm³/mol. The molecule has 8 nitrogen and oxygen atoms in total. The molecule has 2 N–H and O–H groups in total. The molecule has 1 saturated heterocycles. The van der Waals surface area contributed by atoms with Crippen LogP contribution in [-0.4, -0.2) is 72.7 Å². The van der Waals surface area contributed by atoms with Gasteiger partial charge in [-0.15, -0.1) is 0 Å². The van der Waals surface area contributed by atoms with Crippen LogP contribution in [0.25, 0.3) is 17.0 Å². The summed E-state index contributed by atoms with van der Waals surface area (Å²) in [6, 6.07) is 12.7. The summed E-state index contributed by atoms with van der Waals surface area (Å²) in [5.74, 6) is 1.01. The molecule has 198 valence electrons. The summed E-state index contributed by atoms with van der Waals surface area (Å²) in [4.78, 5) is 33.5. The van der Waals surface area contributed by atoms with Crippen LogP contribution in [0, 0.1) is 0 Å². The van der Waals surface area contributed by atoms with Crippen LogP contribution >= 0.6 is 0 Å². The minimum atomic E-state index is -0.750. The van der Waals surface area contributed by atoms with E-state index in [0.717, 1.165) is 48.0 Å². The van der Waals surface area contributed by atoms with Crippen LogP contribution < -0.4 is 14.8 Å². The topological polar surface area (TPSA) is 101 Å². The van der Waals surface area contributed by atoms with Crippen LogP contribution in [0.3, 0.4) is 0 Å². The molecule has 38 heavy (non-hydrogen) atoms. The van der Waals surface area contributed by atoms with Crippen LogP contribution in [0.15, 0.2) is 48.5 Å². The number of ketones is 1. The third-order valence-electron chi connectivity index (χ3n) is 7.32. The number of aromatic nitrogens is 1. The second kappa shape index (κ2) is 11.3. The fraction of sp³-hybridized carbons (Fsp3) is 0.367. The van der Waals surface area contributed by atoms with Gasteiger partial charge in [0, 0.05) is 43.1 Å².